The first kappa shape index (κ1) is 16.1. The van der Waals surface area contributed by atoms with Gasteiger partial charge in [-0.25, -0.2) is 4.39 Å². The third-order valence-electron chi connectivity index (χ3n) is 4.48. The molecule has 2 aliphatic rings. The highest BCUT2D eigenvalue weighted by Crippen LogP contribution is 2.23. The van der Waals surface area contributed by atoms with E-state index in [-0.39, 0.29) is 30.0 Å². The number of imide groups is 1. The molecule has 1 unspecified atom stereocenters. The summed E-state index contributed by atoms with van der Waals surface area (Å²) in [6.45, 7) is 4.23. The lowest BCUT2D eigenvalue weighted by atomic mass is 9.98. The predicted molar refractivity (Wildman–Crippen MR) is 82.2 cm³/mol. The Morgan fingerprint density at radius 1 is 1.09 bits per heavy atom. The van der Waals surface area contributed by atoms with Crippen molar-refractivity contribution in [1.82, 2.24) is 9.80 Å². The van der Waals surface area contributed by atoms with E-state index in [4.69, 9.17) is 4.74 Å². The van der Waals surface area contributed by atoms with Crippen LogP contribution in [-0.2, 0) is 20.7 Å². The molecule has 1 aromatic carbocycles. The molecule has 0 N–H and O–H groups in total. The zero-order chi connectivity index (χ0) is 16.2. The van der Waals surface area contributed by atoms with E-state index >= 15 is 0 Å². The first-order valence-electron chi connectivity index (χ1n) is 8.02. The summed E-state index contributed by atoms with van der Waals surface area (Å²) in [6, 6.07) is 6.10. The fraction of sp³-hybridized carbons (Fsp3) is 0.529. The third-order valence-corrected chi connectivity index (χ3v) is 4.48. The monoisotopic (exact) mass is 320 g/mol. The summed E-state index contributed by atoms with van der Waals surface area (Å²) in [5.41, 5.74) is 0.882. The number of rotatable bonds is 5. The summed E-state index contributed by atoms with van der Waals surface area (Å²) in [7, 11) is 0. The topological polar surface area (TPSA) is 49.9 Å². The number of amides is 2. The number of halogens is 1. The number of hydrogen-bond donors (Lipinski definition) is 0. The number of carbonyl (C=O) groups excluding carboxylic acids is 2. The first-order valence-corrected chi connectivity index (χ1v) is 8.02. The van der Waals surface area contributed by atoms with Gasteiger partial charge in [0, 0.05) is 32.6 Å². The maximum atomic E-state index is 12.9. The smallest absolute Gasteiger partial charge is 0.233 e. The van der Waals surface area contributed by atoms with Crippen molar-refractivity contribution in [2.75, 3.05) is 39.4 Å². The summed E-state index contributed by atoms with van der Waals surface area (Å²) < 4.78 is 18.2. The average Bonchev–Trinajstić information content (AvgIpc) is 2.82. The largest absolute Gasteiger partial charge is 0.379 e. The minimum atomic E-state index is -0.322. The lowest BCUT2D eigenvalue weighted by molar-refractivity contribution is -0.139. The van der Waals surface area contributed by atoms with Crippen molar-refractivity contribution in [2.45, 2.75) is 12.8 Å². The third kappa shape index (κ3) is 3.95. The molecule has 0 aromatic heterocycles. The van der Waals surface area contributed by atoms with Crippen LogP contribution in [-0.4, -0.2) is 61.0 Å². The fourth-order valence-electron chi connectivity index (χ4n) is 3.12. The molecular weight excluding hydrogens is 299 g/mol. The van der Waals surface area contributed by atoms with Crippen LogP contribution in [0.1, 0.15) is 12.0 Å². The maximum Gasteiger partial charge on any atom is 0.233 e. The van der Waals surface area contributed by atoms with Gasteiger partial charge in [0.2, 0.25) is 11.8 Å². The highest BCUT2D eigenvalue weighted by Gasteiger charge is 2.38. The molecule has 2 fully saturated rings. The highest BCUT2D eigenvalue weighted by atomic mass is 19.1. The van der Waals surface area contributed by atoms with Gasteiger partial charge in [-0.1, -0.05) is 12.1 Å². The van der Waals surface area contributed by atoms with Crippen molar-refractivity contribution < 1.29 is 18.7 Å². The molecule has 5 nitrogen and oxygen atoms in total. The van der Waals surface area contributed by atoms with Crippen LogP contribution in [0, 0.1) is 11.7 Å². The molecule has 1 atom stereocenters. The van der Waals surface area contributed by atoms with Gasteiger partial charge in [0.15, 0.2) is 0 Å². The molecule has 3 rings (SSSR count). The van der Waals surface area contributed by atoms with E-state index in [2.05, 4.69) is 4.90 Å². The molecule has 2 aliphatic heterocycles. The molecule has 0 bridgehead atoms. The van der Waals surface area contributed by atoms with Gasteiger partial charge in [-0.3, -0.25) is 19.4 Å². The van der Waals surface area contributed by atoms with Gasteiger partial charge >= 0.3 is 0 Å². The Morgan fingerprint density at radius 3 is 2.48 bits per heavy atom. The number of likely N-dealkylation sites (tertiary alicyclic amines) is 1. The quantitative estimate of drug-likeness (QED) is 0.762. The molecule has 2 heterocycles. The molecule has 2 amide bonds. The lowest BCUT2D eigenvalue weighted by Gasteiger charge is -2.28. The highest BCUT2D eigenvalue weighted by molar-refractivity contribution is 6.03. The molecule has 0 saturated carbocycles. The SMILES string of the molecule is O=C1CC(Cc2ccc(F)cc2)C(=O)N1CCN1CCOCC1. The Labute approximate surface area is 135 Å². The van der Waals surface area contributed by atoms with Crippen LogP contribution in [0.5, 0.6) is 0 Å². The summed E-state index contributed by atoms with van der Waals surface area (Å²) in [6.07, 6.45) is 0.734. The van der Waals surface area contributed by atoms with Crippen LogP contribution in [0.2, 0.25) is 0 Å². The van der Waals surface area contributed by atoms with E-state index in [1.807, 2.05) is 0 Å². The number of morpholine rings is 1. The second-order valence-electron chi connectivity index (χ2n) is 6.07. The predicted octanol–water partition coefficient (Wildman–Crippen LogP) is 1.08. The van der Waals surface area contributed by atoms with Crippen LogP contribution in [0.4, 0.5) is 4.39 Å². The second kappa shape index (κ2) is 7.19. The van der Waals surface area contributed by atoms with E-state index < -0.39 is 0 Å². The Balaban J connectivity index is 1.55. The minimum Gasteiger partial charge on any atom is -0.379 e. The molecule has 0 radical (unpaired) electrons. The molecule has 6 heteroatoms. The molecule has 0 aliphatic carbocycles. The molecule has 124 valence electrons. The van der Waals surface area contributed by atoms with Gasteiger partial charge < -0.3 is 4.74 Å². The normalized spacial score (nSPS) is 22.8. The van der Waals surface area contributed by atoms with E-state index in [1.165, 1.54) is 17.0 Å². The zero-order valence-electron chi connectivity index (χ0n) is 13.0. The van der Waals surface area contributed by atoms with E-state index in [1.54, 1.807) is 12.1 Å². The minimum absolute atomic E-state index is 0.102. The van der Waals surface area contributed by atoms with Crippen molar-refractivity contribution in [3.05, 3.63) is 35.6 Å². The van der Waals surface area contributed by atoms with Crippen molar-refractivity contribution in [3.63, 3.8) is 0 Å². The van der Waals surface area contributed by atoms with Crippen LogP contribution >= 0.6 is 0 Å². The Morgan fingerprint density at radius 2 is 1.78 bits per heavy atom. The number of benzene rings is 1. The van der Waals surface area contributed by atoms with Crippen molar-refractivity contribution in [2.24, 2.45) is 5.92 Å². The van der Waals surface area contributed by atoms with Crippen molar-refractivity contribution >= 4 is 11.8 Å². The van der Waals surface area contributed by atoms with Gasteiger partial charge in [-0.05, 0) is 24.1 Å². The number of ether oxygens (including phenoxy) is 1. The number of hydrogen-bond acceptors (Lipinski definition) is 4. The molecule has 2 saturated heterocycles. The molecule has 23 heavy (non-hydrogen) atoms. The maximum absolute atomic E-state index is 12.9. The van der Waals surface area contributed by atoms with Gasteiger partial charge in [0.05, 0.1) is 19.1 Å². The Hall–Kier alpha value is -1.79. The summed E-state index contributed by atoms with van der Waals surface area (Å²) in [5.74, 6) is -0.824. The fourth-order valence-corrected chi connectivity index (χ4v) is 3.12. The summed E-state index contributed by atoms with van der Waals surface area (Å²) in [4.78, 5) is 28.1. The van der Waals surface area contributed by atoms with Crippen LogP contribution in [0.15, 0.2) is 24.3 Å². The molecule has 0 spiro atoms. The number of nitrogens with zero attached hydrogens (tertiary/aromatic N) is 2. The zero-order valence-corrected chi connectivity index (χ0v) is 13.0. The van der Waals surface area contributed by atoms with Gasteiger partial charge in [-0.2, -0.15) is 0 Å². The van der Waals surface area contributed by atoms with Gasteiger partial charge in [0.1, 0.15) is 5.82 Å². The Bertz CT molecular complexity index is 570. The molecule has 1 aromatic rings. The van der Waals surface area contributed by atoms with Crippen molar-refractivity contribution in [1.29, 1.82) is 0 Å². The summed E-state index contributed by atoms with van der Waals surface area (Å²) in [5, 5.41) is 0. The number of carbonyl (C=O) groups is 2. The van der Waals surface area contributed by atoms with E-state index in [9.17, 15) is 14.0 Å². The standard InChI is InChI=1S/C17H21FN2O3/c18-15-3-1-13(2-4-15)11-14-12-16(21)20(17(14)22)6-5-19-7-9-23-10-8-19/h1-4,14H,5-12H2. The Kier molecular flexibility index (Phi) is 5.03. The van der Waals surface area contributed by atoms with Crippen LogP contribution in [0.3, 0.4) is 0 Å². The van der Waals surface area contributed by atoms with E-state index in [0.29, 0.717) is 32.7 Å². The first-order chi connectivity index (χ1) is 11.1. The van der Waals surface area contributed by atoms with E-state index in [0.717, 1.165) is 18.7 Å². The molecular formula is C17H21FN2O3. The second-order valence-corrected chi connectivity index (χ2v) is 6.07. The van der Waals surface area contributed by atoms with Crippen LogP contribution < -0.4 is 0 Å². The van der Waals surface area contributed by atoms with Crippen molar-refractivity contribution in [3.8, 4) is 0 Å². The van der Waals surface area contributed by atoms with Gasteiger partial charge in [-0.15, -0.1) is 0 Å². The lowest BCUT2D eigenvalue weighted by Crippen LogP contribution is -2.43. The van der Waals surface area contributed by atoms with Gasteiger partial charge in [0.25, 0.3) is 0 Å². The summed E-state index contributed by atoms with van der Waals surface area (Å²) >= 11 is 0. The average molecular weight is 320 g/mol. The van der Waals surface area contributed by atoms with Crippen LogP contribution in [0.25, 0.3) is 0 Å².